The van der Waals surface area contributed by atoms with Crippen LogP contribution in [0, 0.1) is 5.82 Å². The normalized spacial score (nSPS) is 12.2. The molecule has 3 heteroatoms. The van der Waals surface area contributed by atoms with Gasteiger partial charge >= 0.3 is 0 Å². The Balaban J connectivity index is 2.33. The molecule has 0 heterocycles. The van der Waals surface area contributed by atoms with E-state index in [0.29, 0.717) is 17.1 Å². The molecule has 2 aromatic carbocycles. The monoisotopic (exact) mass is 231 g/mol. The van der Waals surface area contributed by atoms with E-state index in [1.165, 1.54) is 12.1 Å². The van der Waals surface area contributed by atoms with Gasteiger partial charge in [0.05, 0.1) is 0 Å². The third-order valence-electron chi connectivity index (χ3n) is 2.43. The maximum atomic E-state index is 13.1. The maximum absolute atomic E-state index is 13.1. The third kappa shape index (κ3) is 2.82. The van der Waals surface area contributed by atoms with Gasteiger partial charge in [0.25, 0.3) is 0 Å². The van der Waals surface area contributed by atoms with Crippen LogP contribution >= 0.6 is 0 Å². The average molecular weight is 231 g/mol. The van der Waals surface area contributed by atoms with E-state index in [1.807, 2.05) is 30.3 Å². The Morgan fingerprint density at radius 3 is 2.47 bits per heavy atom. The lowest BCUT2D eigenvalue weighted by atomic mass is 10.1. The molecule has 0 fully saturated rings. The van der Waals surface area contributed by atoms with Crippen molar-refractivity contribution in [1.29, 1.82) is 0 Å². The van der Waals surface area contributed by atoms with Crippen LogP contribution in [0.5, 0.6) is 11.5 Å². The number of benzene rings is 2. The molecule has 2 aromatic rings. The lowest BCUT2D eigenvalue weighted by Gasteiger charge is -2.13. The summed E-state index contributed by atoms with van der Waals surface area (Å²) in [7, 11) is 0. The first-order chi connectivity index (χ1) is 8.16. The van der Waals surface area contributed by atoms with Gasteiger partial charge in [-0.05, 0) is 37.3 Å². The molecule has 2 N–H and O–H groups in total. The Morgan fingerprint density at radius 2 is 1.82 bits per heavy atom. The molecule has 0 aliphatic heterocycles. The fourth-order valence-electron chi connectivity index (χ4n) is 1.58. The Kier molecular flexibility index (Phi) is 3.40. The van der Waals surface area contributed by atoms with Crippen LogP contribution in [-0.2, 0) is 0 Å². The van der Waals surface area contributed by atoms with Gasteiger partial charge in [-0.25, -0.2) is 4.39 Å². The lowest BCUT2D eigenvalue weighted by molar-refractivity contribution is 0.469. The van der Waals surface area contributed by atoms with E-state index in [2.05, 4.69) is 0 Å². The van der Waals surface area contributed by atoms with Crippen LogP contribution in [0.15, 0.2) is 48.5 Å². The highest BCUT2D eigenvalue weighted by atomic mass is 19.1. The SMILES string of the molecule is C[C@@H](N)c1cc(F)ccc1Oc1ccccc1. The minimum atomic E-state index is -0.308. The zero-order chi connectivity index (χ0) is 12.3. The Labute approximate surface area is 99.8 Å². The minimum Gasteiger partial charge on any atom is -0.457 e. The van der Waals surface area contributed by atoms with Gasteiger partial charge < -0.3 is 10.5 Å². The van der Waals surface area contributed by atoms with E-state index in [1.54, 1.807) is 13.0 Å². The van der Waals surface area contributed by atoms with E-state index in [4.69, 9.17) is 10.5 Å². The fourth-order valence-corrected chi connectivity index (χ4v) is 1.58. The zero-order valence-corrected chi connectivity index (χ0v) is 9.56. The molecular weight excluding hydrogens is 217 g/mol. The van der Waals surface area contributed by atoms with Crippen molar-refractivity contribution < 1.29 is 9.13 Å². The van der Waals surface area contributed by atoms with Gasteiger partial charge in [-0.3, -0.25) is 0 Å². The lowest BCUT2D eigenvalue weighted by Crippen LogP contribution is -2.07. The van der Waals surface area contributed by atoms with E-state index in [0.717, 1.165) is 0 Å². The molecule has 2 nitrogen and oxygen atoms in total. The van der Waals surface area contributed by atoms with Gasteiger partial charge in [0.15, 0.2) is 0 Å². The third-order valence-corrected chi connectivity index (χ3v) is 2.43. The minimum absolute atomic E-state index is 0.274. The molecule has 88 valence electrons. The maximum Gasteiger partial charge on any atom is 0.132 e. The first kappa shape index (κ1) is 11.6. The molecule has 0 aromatic heterocycles. The smallest absolute Gasteiger partial charge is 0.132 e. The van der Waals surface area contributed by atoms with Gasteiger partial charge in [-0.15, -0.1) is 0 Å². The van der Waals surface area contributed by atoms with Crippen molar-refractivity contribution in [3.8, 4) is 11.5 Å². The van der Waals surface area contributed by atoms with Crippen LogP contribution in [-0.4, -0.2) is 0 Å². The Bertz CT molecular complexity index is 497. The van der Waals surface area contributed by atoms with Crippen LogP contribution < -0.4 is 10.5 Å². The molecule has 0 bridgehead atoms. The largest absolute Gasteiger partial charge is 0.457 e. The molecule has 0 aliphatic rings. The summed E-state index contributed by atoms with van der Waals surface area (Å²) in [5.74, 6) is 0.992. The predicted octanol–water partition coefficient (Wildman–Crippen LogP) is 3.64. The topological polar surface area (TPSA) is 35.2 Å². The summed E-state index contributed by atoms with van der Waals surface area (Å²) < 4.78 is 18.8. The zero-order valence-electron chi connectivity index (χ0n) is 9.56. The molecule has 17 heavy (non-hydrogen) atoms. The fraction of sp³-hybridized carbons (Fsp3) is 0.143. The molecule has 0 saturated carbocycles. The van der Waals surface area contributed by atoms with Crippen molar-refractivity contribution in [2.24, 2.45) is 5.73 Å². The van der Waals surface area contributed by atoms with Crippen molar-refractivity contribution >= 4 is 0 Å². The molecule has 0 spiro atoms. The van der Waals surface area contributed by atoms with E-state index in [-0.39, 0.29) is 11.9 Å². The van der Waals surface area contributed by atoms with Crippen molar-refractivity contribution in [3.05, 3.63) is 59.9 Å². The molecule has 2 rings (SSSR count). The number of rotatable bonds is 3. The van der Waals surface area contributed by atoms with Crippen molar-refractivity contribution in [2.75, 3.05) is 0 Å². The first-order valence-electron chi connectivity index (χ1n) is 5.45. The Hall–Kier alpha value is -1.87. The highest BCUT2D eigenvalue weighted by molar-refractivity contribution is 5.39. The summed E-state index contributed by atoms with van der Waals surface area (Å²) in [4.78, 5) is 0. The second-order valence-electron chi connectivity index (χ2n) is 3.89. The van der Waals surface area contributed by atoms with Gasteiger partial charge in [0, 0.05) is 11.6 Å². The number of hydrogen-bond donors (Lipinski definition) is 1. The number of nitrogens with two attached hydrogens (primary N) is 1. The number of ether oxygens (including phenoxy) is 1. The molecule has 1 atom stereocenters. The number of halogens is 1. The van der Waals surface area contributed by atoms with Crippen molar-refractivity contribution in [2.45, 2.75) is 13.0 Å². The van der Waals surface area contributed by atoms with Crippen LogP contribution in [0.2, 0.25) is 0 Å². The van der Waals surface area contributed by atoms with Crippen molar-refractivity contribution in [3.63, 3.8) is 0 Å². The molecule has 0 amide bonds. The van der Waals surface area contributed by atoms with Gasteiger partial charge in [0.1, 0.15) is 17.3 Å². The highest BCUT2D eigenvalue weighted by Crippen LogP contribution is 2.29. The standard InChI is InChI=1S/C14H14FNO/c1-10(16)13-9-11(15)7-8-14(13)17-12-5-3-2-4-6-12/h2-10H,16H2,1H3/t10-/m1/s1. The van der Waals surface area contributed by atoms with Gasteiger partial charge in [-0.1, -0.05) is 18.2 Å². The second kappa shape index (κ2) is 4.97. The quantitative estimate of drug-likeness (QED) is 0.875. The summed E-state index contributed by atoms with van der Waals surface area (Å²) >= 11 is 0. The summed E-state index contributed by atoms with van der Waals surface area (Å²) in [5.41, 5.74) is 6.45. The summed E-state index contributed by atoms with van der Waals surface area (Å²) in [5, 5.41) is 0. The van der Waals surface area contributed by atoms with Gasteiger partial charge in [-0.2, -0.15) is 0 Å². The van der Waals surface area contributed by atoms with E-state index < -0.39 is 0 Å². The van der Waals surface area contributed by atoms with Crippen LogP contribution in [0.4, 0.5) is 4.39 Å². The average Bonchev–Trinajstić information content (AvgIpc) is 2.32. The molecule has 0 radical (unpaired) electrons. The van der Waals surface area contributed by atoms with E-state index >= 15 is 0 Å². The number of para-hydroxylation sites is 1. The predicted molar refractivity (Wildman–Crippen MR) is 65.5 cm³/mol. The number of hydrogen-bond acceptors (Lipinski definition) is 2. The van der Waals surface area contributed by atoms with Gasteiger partial charge in [0.2, 0.25) is 0 Å². The molecule has 0 aliphatic carbocycles. The molecule has 0 saturated heterocycles. The first-order valence-corrected chi connectivity index (χ1v) is 5.45. The summed E-state index contributed by atoms with van der Waals surface area (Å²) in [6.45, 7) is 1.80. The summed E-state index contributed by atoms with van der Waals surface area (Å²) in [6, 6.07) is 13.4. The molecular formula is C14H14FNO. The van der Waals surface area contributed by atoms with Crippen molar-refractivity contribution in [1.82, 2.24) is 0 Å². The second-order valence-corrected chi connectivity index (χ2v) is 3.89. The highest BCUT2D eigenvalue weighted by Gasteiger charge is 2.10. The summed E-state index contributed by atoms with van der Waals surface area (Å²) in [6.07, 6.45) is 0. The van der Waals surface area contributed by atoms with Crippen LogP contribution in [0.25, 0.3) is 0 Å². The molecule has 0 unspecified atom stereocenters. The Morgan fingerprint density at radius 1 is 1.12 bits per heavy atom. The van der Waals surface area contributed by atoms with Crippen LogP contribution in [0.3, 0.4) is 0 Å². The van der Waals surface area contributed by atoms with Crippen LogP contribution in [0.1, 0.15) is 18.5 Å². The van der Waals surface area contributed by atoms with E-state index in [9.17, 15) is 4.39 Å².